The number of sulfone groups is 1. The molecule has 2 rings (SSSR count). The van der Waals surface area contributed by atoms with Gasteiger partial charge in [0.15, 0.2) is 9.84 Å². The Bertz CT molecular complexity index is 1390. The van der Waals surface area contributed by atoms with E-state index in [-0.39, 0.29) is 60.0 Å². The standard InChI is InChI=1S/C39H67N5O7S/c1-11-23-52(49,50)32(25-33(45)41-21-20-29-17-14-13-15-18-29)30-19-16-22-44(30)34(46)24-31(51-10)37(28(7)12-2)43(9)39(48)36(27(5)6)42-38(47)35(40-8)26(3)4/h13-15,17-18,26-28,30-32,35-37,40H,11-12,16,19-25H2,1-10H3,(H,41,45)(H,42,47). The molecule has 0 aliphatic carbocycles. The zero-order valence-electron chi connectivity index (χ0n) is 33.3. The van der Waals surface area contributed by atoms with E-state index in [2.05, 4.69) is 16.0 Å². The molecule has 3 N–H and O–H groups in total. The van der Waals surface area contributed by atoms with Gasteiger partial charge in [0.05, 0.1) is 35.6 Å². The first-order valence-electron chi connectivity index (χ1n) is 19.1. The monoisotopic (exact) mass is 749 g/mol. The van der Waals surface area contributed by atoms with Crippen LogP contribution in [0.3, 0.4) is 0 Å². The highest BCUT2D eigenvalue weighted by Gasteiger charge is 2.44. The highest BCUT2D eigenvalue weighted by molar-refractivity contribution is 7.92. The molecule has 7 unspecified atom stereocenters. The molecule has 13 heteroatoms. The van der Waals surface area contributed by atoms with E-state index in [0.717, 1.165) is 5.56 Å². The van der Waals surface area contributed by atoms with E-state index in [0.29, 0.717) is 45.2 Å². The molecule has 4 amide bonds. The lowest BCUT2D eigenvalue weighted by Crippen LogP contribution is -2.59. The summed E-state index contributed by atoms with van der Waals surface area (Å²) in [6, 6.07) is 7.33. The summed E-state index contributed by atoms with van der Waals surface area (Å²) in [5.41, 5.74) is 1.07. The van der Waals surface area contributed by atoms with Crippen LogP contribution < -0.4 is 16.0 Å². The average molecular weight is 750 g/mol. The van der Waals surface area contributed by atoms with E-state index < -0.39 is 45.4 Å². The second kappa shape index (κ2) is 21.6. The van der Waals surface area contributed by atoms with Crippen molar-refractivity contribution in [2.24, 2.45) is 17.8 Å². The molecule has 1 aliphatic rings. The van der Waals surface area contributed by atoms with E-state index in [1.807, 2.05) is 71.9 Å². The Morgan fingerprint density at radius 3 is 2.15 bits per heavy atom. The van der Waals surface area contributed by atoms with Crippen LogP contribution in [0.15, 0.2) is 30.3 Å². The van der Waals surface area contributed by atoms with Crippen molar-refractivity contribution in [3.8, 4) is 0 Å². The number of carbonyl (C=O) groups excluding carboxylic acids is 4. The van der Waals surface area contributed by atoms with Gasteiger partial charge in [0.2, 0.25) is 23.6 Å². The second-order valence-corrected chi connectivity index (χ2v) is 17.4. The molecule has 1 aliphatic heterocycles. The molecule has 0 aromatic heterocycles. The molecule has 52 heavy (non-hydrogen) atoms. The lowest BCUT2D eigenvalue weighted by Gasteiger charge is -2.40. The molecule has 0 radical (unpaired) electrons. The maximum Gasteiger partial charge on any atom is 0.245 e. The number of nitrogens with one attached hydrogen (secondary N) is 3. The van der Waals surface area contributed by atoms with Gasteiger partial charge in [0.25, 0.3) is 0 Å². The molecule has 1 saturated heterocycles. The number of ether oxygens (including phenoxy) is 1. The molecule has 0 spiro atoms. The average Bonchev–Trinajstić information content (AvgIpc) is 3.58. The summed E-state index contributed by atoms with van der Waals surface area (Å²) in [4.78, 5) is 57.9. The third-order valence-electron chi connectivity index (χ3n) is 10.5. The number of nitrogens with zero attached hydrogens (tertiary/aromatic N) is 2. The minimum atomic E-state index is -3.71. The zero-order chi connectivity index (χ0) is 39.2. The fraction of sp³-hybridized carbons (Fsp3) is 0.744. The highest BCUT2D eigenvalue weighted by Crippen LogP contribution is 2.30. The van der Waals surface area contributed by atoms with Gasteiger partial charge in [-0.2, -0.15) is 0 Å². The maximum atomic E-state index is 14.2. The maximum absolute atomic E-state index is 14.2. The number of hydrogen-bond donors (Lipinski definition) is 3. The van der Waals surface area contributed by atoms with E-state index >= 15 is 0 Å². The Morgan fingerprint density at radius 2 is 1.62 bits per heavy atom. The number of amides is 4. The fourth-order valence-electron chi connectivity index (χ4n) is 7.43. The van der Waals surface area contributed by atoms with Crippen molar-refractivity contribution >= 4 is 33.5 Å². The number of benzene rings is 1. The molecule has 1 fully saturated rings. The Kier molecular flexibility index (Phi) is 18.8. The predicted octanol–water partition coefficient (Wildman–Crippen LogP) is 3.58. The molecular weight excluding hydrogens is 683 g/mol. The number of rotatable bonds is 22. The van der Waals surface area contributed by atoms with Gasteiger partial charge in [0, 0.05) is 39.7 Å². The third kappa shape index (κ3) is 12.5. The van der Waals surface area contributed by atoms with Crippen molar-refractivity contribution in [2.75, 3.05) is 40.0 Å². The normalized spacial score (nSPS) is 18.4. The summed E-state index contributed by atoms with van der Waals surface area (Å²) in [7, 11) is 1.22. The van der Waals surface area contributed by atoms with Crippen molar-refractivity contribution in [1.29, 1.82) is 0 Å². The van der Waals surface area contributed by atoms with Crippen LogP contribution in [-0.2, 0) is 40.2 Å². The first-order valence-corrected chi connectivity index (χ1v) is 20.8. The molecule has 0 bridgehead atoms. The summed E-state index contributed by atoms with van der Waals surface area (Å²) < 4.78 is 33.3. The summed E-state index contributed by atoms with van der Waals surface area (Å²) >= 11 is 0. The van der Waals surface area contributed by atoms with Crippen LogP contribution in [0.25, 0.3) is 0 Å². The molecule has 7 atom stereocenters. The van der Waals surface area contributed by atoms with E-state index in [1.54, 1.807) is 30.8 Å². The van der Waals surface area contributed by atoms with E-state index in [1.165, 1.54) is 7.11 Å². The van der Waals surface area contributed by atoms with E-state index in [9.17, 15) is 27.6 Å². The number of likely N-dealkylation sites (N-methyl/N-ethyl adjacent to an activating group) is 2. The summed E-state index contributed by atoms with van der Waals surface area (Å²) in [6.07, 6.45) is 1.83. The molecule has 296 valence electrons. The van der Waals surface area contributed by atoms with Gasteiger partial charge < -0.3 is 30.5 Å². The highest BCUT2D eigenvalue weighted by atomic mass is 32.2. The van der Waals surface area contributed by atoms with Crippen molar-refractivity contribution in [2.45, 2.75) is 129 Å². The van der Waals surface area contributed by atoms with Crippen LogP contribution in [0, 0.1) is 17.8 Å². The summed E-state index contributed by atoms with van der Waals surface area (Å²) in [6.45, 7) is 14.2. The molecule has 12 nitrogen and oxygen atoms in total. The van der Waals surface area contributed by atoms with Crippen LogP contribution in [0.4, 0.5) is 0 Å². The molecule has 1 heterocycles. The van der Waals surface area contributed by atoms with E-state index in [4.69, 9.17) is 4.74 Å². The van der Waals surface area contributed by atoms with Crippen LogP contribution >= 0.6 is 0 Å². The number of likely N-dealkylation sites (tertiary alicyclic amines) is 1. The number of methoxy groups -OCH3 is 1. The van der Waals surface area contributed by atoms with Gasteiger partial charge in [-0.05, 0) is 56.0 Å². The fourth-order valence-corrected chi connectivity index (χ4v) is 9.47. The lowest BCUT2D eigenvalue weighted by atomic mass is 9.89. The topological polar surface area (TPSA) is 154 Å². The van der Waals surface area contributed by atoms with Crippen molar-refractivity contribution in [1.82, 2.24) is 25.8 Å². The molecular formula is C39H67N5O7S. The molecule has 1 aromatic rings. The zero-order valence-corrected chi connectivity index (χ0v) is 34.1. The minimum absolute atomic E-state index is 0.0161. The van der Waals surface area contributed by atoms with Crippen LogP contribution in [0.5, 0.6) is 0 Å². The Morgan fingerprint density at radius 1 is 0.981 bits per heavy atom. The van der Waals surface area contributed by atoms with Gasteiger partial charge in [-0.3, -0.25) is 19.2 Å². The smallest absolute Gasteiger partial charge is 0.245 e. The lowest BCUT2D eigenvalue weighted by molar-refractivity contribution is -0.146. The van der Waals surface area contributed by atoms with Gasteiger partial charge in [-0.25, -0.2) is 8.42 Å². The van der Waals surface area contributed by atoms with Crippen molar-refractivity contribution < 1.29 is 32.3 Å². The minimum Gasteiger partial charge on any atom is -0.379 e. The van der Waals surface area contributed by atoms with Crippen molar-refractivity contribution in [3.63, 3.8) is 0 Å². The third-order valence-corrected chi connectivity index (χ3v) is 12.9. The van der Waals surface area contributed by atoms with Gasteiger partial charge >= 0.3 is 0 Å². The Balaban J connectivity index is 2.30. The largest absolute Gasteiger partial charge is 0.379 e. The van der Waals surface area contributed by atoms with Crippen molar-refractivity contribution in [3.05, 3.63) is 35.9 Å². The second-order valence-electron chi connectivity index (χ2n) is 15.0. The van der Waals surface area contributed by atoms with Crippen LogP contribution in [0.1, 0.15) is 92.6 Å². The summed E-state index contributed by atoms with van der Waals surface area (Å²) in [5.74, 6) is -1.48. The van der Waals surface area contributed by atoms with Gasteiger partial charge in [-0.1, -0.05) is 85.2 Å². The SMILES string of the molecule is CCCS(=O)(=O)C(CC(=O)NCCc1ccccc1)C1CCCN1C(=O)CC(OC)C(C(C)CC)N(C)C(=O)C(NC(=O)C(NC)C(C)C)C(C)C. The molecule has 1 aromatic carbocycles. The van der Waals surface area contributed by atoms with Crippen LogP contribution in [-0.4, -0.2) is 117 Å². The number of carbonyl (C=O) groups is 4. The Hall–Kier alpha value is -3.03. The Labute approximate surface area is 313 Å². The van der Waals surface area contributed by atoms with Gasteiger partial charge in [-0.15, -0.1) is 0 Å². The van der Waals surface area contributed by atoms with Gasteiger partial charge in [0.1, 0.15) is 6.04 Å². The first-order chi connectivity index (χ1) is 24.5. The first kappa shape index (κ1) is 45.1. The molecule has 0 saturated carbocycles. The predicted molar refractivity (Wildman–Crippen MR) is 206 cm³/mol. The van der Waals surface area contributed by atoms with Crippen LogP contribution in [0.2, 0.25) is 0 Å². The number of hydrogen-bond acceptors (Lipinski definition) is 8. The summed E-state index contributed by atoms with van der Waals surface area (Å²) in [5, 5.41) is 7.86. The quantitative estimate of drug-likeness (QED) is 0.163.